The molecule has 0 aliphatic heterocycles. The van der Waals surface area contributed by atoms with Gasteiger partial charge in [0, 0.05) is 28.4 Å². The molecule has 34 heavy (non-hydrogen) atoms. The molecule has 1 aromatic carbocycles. The number of pyridine rings is 1. The summed E-state index contributed by atoms with van der Waals surface area (Å²) in [5.74, 6) is -0.624. The molecule has 0 amide bonds. The van der Waals surface area contributed by atoms with Crippen molar-refractivity contribution < 1.29 is 17.9 Å². The van der Waals surface area contributed by atoms with Gasteiger partial charge in [0.1, 0.15) is 0 Å². The lowest BCUT2D eigenvalue weighted by Crippen LogP contribution is -2.19. The third kappa shape index (κ3) is 3.84. The number of benzene rings is 1. The Balaban J connectivity index is 1.82. The first-order valence-corrected chi connectivity index (χ1v) is 13.4. The molecule has 174 valence electrons. The van der Waals surface area contributed by atoms with Gasteiger partial charge in [-0.15, -0.1) is 11.3 Å². The number of carbonyl (C=O) groups excluding carboxylic acids is 1. The predicted octanol–water partition coefficient (Wildman–Crippen LogP) is 5.40. The molecule has 1 aliphatic rings. The second-order valence-electron chi connectivity index (χ2n) is 7.94. The Hall–Kier alpha value is -3.30. The van der Waals surface area contributed by atoms with Crippen LogP contribution in [0.3, 0.4) is 0 Å². The Morgan fingerprint density at radius 3 is 2.76 bits per heavy atom. The average Bonchev–Trinajstić information content (AvgIpc) is 3.48. The highest BCUT2D eigenvalue weighted by Crippen LogP contribution is 2.43. The SMILES string of the molecule is CCOC(=O)c1nc(-c2c(C3C=CCCC3)n(S(=O)(=O)c3ccccc3)c3ncccc23)cs1. The fraction of sp³-hybridized carbons (Fsp3) is 0.240. The van der Waals surface area contributed by atoms with Crippen molar-refractivity contribution in [2.24, 2.45) is 0 Å². The van der Waals surface area contributed by atoms with Crippen LogP contribution in [-0.4, -0.2) is 34.9 Å². The summed E-state index contributed by atoms with van der Waals surface area (Å²) in [6, 6.07) is 12.0. The Bertz CT molecular complexity index is 1490. The molecule has 1 atom stereocenters. The molecule has 0 radical (unpaired) electrons. The van der Waals surface area contributed by atoms with Crippen molar-refractivity contribution >= 4 is 38.4 Å². The Morgan fingerprint density at radius 1 is 1.21 bits per heavy atom. The lowest BCUT2D eigenvalue weighted by Gasteiger charge is -2.21. The number of esters is 1. The van der Waals surface area contributed by atoms with E-state index in [0.717, 1.165) is 19.3 Å². The summed E-state index contributed by atoms with van der Waals surface area (Å²) < 4.78 is 34.4. The van der Waals surface area contributed by atoms with E-state index in [0.29, 0.717) is 28.0 Å². The van der Waals surface area contributed by atoms with Gasteiger partial charge in [-0.25, -0.2) is 27.2 Å². The molecule has 7 nitrogen and oxygen atoms in total. The standard InChI is InChI=1S/C25H23N3O4S2/c1-2-32-25(29)24-27-20(16-33-24)21-19-14-9-15-26-23(19)28(22(21)17-10-5-3-6-11-17)34(30,31)18-12-7-4-8-13-18/h4-5,7-10,12-17H,2-3,6,11H2,1H3. The number of nitrogens with zero attached hydrogens (tertiary/aromatic N) is 3. The monoisotopic (exact) mass is 493 g/mol. The van der Waals surface area contributed by atoms with Gasteiger partial charge in [0.25, 0.3) is 10.0 Å². The minimum absolute atomic E-state index is 0.135. The van der Waals surface area contributed by atoms with Gasteiger partial charge in [-0.05, 0) is 50.5 Å². The van der Waals surface area contributed by atoms with Crippen molar-refractivity contribution in [2.45, 2.75) is 37.0 Å². The molecule has 3 heterocycles. The molecule has 5 rings (SSSR count). The molecule has 0 N–H and O–H groups in total. The quantitative estimate of drug-likeness (QED) is 0.264. The lowest BCUT2D eigenvalue weighted by atomic mass is 9.90. The number of hydrogen-bond acceptors (Lipinski definition) is 7. The van der Waals surface area contributed by atoms with Crippen molar-refractivity contribution in [1.82, 2.24) is 13.9 Å². The zero-order chi connectivity index (χ0) is 23.7. The summed E-state index contributed by atoms with van der Waals surface area (Å²) in [4.78, 5) is 21.5. The normalized spacial score (nSPS) is 16.1. The highest BCUT2D eigenvalue weighted by Gasteiger charge is 2.33. The Kier molecular flexibility index (Phi) is 6.05. The predicted molar refractivity (Wildman–Crippen MR) is 132 cm³/mol. The van der Waals surface area contributed by atoms with Crippen LogP contribution in [0.25, 0.3) is 22.3 Å². The highest BCUT2D eigenvalue weighted by atomic mass is 32.2. The van der Waals surface area contributed by atoms with E-state index >= 15 is 0 Å². The van der Waals surface area contributed by atoms with E-state index < -0.39 is 16.0 Å². The number of hydrogen-bond donors (Lipinski definition) is 0. The van der Waals surface area contributed by atoms with E-state index in [9.17, 15) is 13.2 Å². The smallest absolute Gasteiger partial charge is 0.367 e. The van der Waals surface area contributed by atoms with Gasteiger partial charge < -0.3 is 4.74 Å². The number of fused-ring (bicyclic) bond motifs is 1. The van der Waals surface area contributed by atoms with E-state index in [1.165, 1.54) is 15.3 Å². The summed E-state index contributed by atoms with van der Waals surface area (Å²) in [6.07, 6.45) is 8.46. The molecule has 0 saturated carbocycles. The first kappa shape index (κ1) is 22.5. The minimum atomic E-state index is -3.95. The van der Waals surface area contributed by atoms with Crippen molar-refractivity contribution in [2.75, 3.05) is 6.61 Å². The van der Waals surface area contributed by atoms with Gasteiger partial charge in [0.2, 0.25) is 5.01 Å². The minimum Gasteiger partial charge on any atom is -0.461 e. The van der Waals surface area contributed by atoms with Crippen LogP contribution < -0.4 is 0 Å². The zero-order valence-electron chi connectivity index (χ0n) is 18.5. The number of carbonyl (C=O) groups is 1. The first-order valence-electron chi connectivity index (χ1n) is 11.1. The van der Waals surface area contributed by atoms with E-state index in [4.69, 9.17) is 4.74 Å². The van der Waals surface area contributed by atoms with Crippen LogP contribution in [0.4, 0.5) is 0 Å². The maximum atomic E-state index is 14.0. The second-order valence-corrected chi connectivity index (χ2v) is 10.6. The second kappa shape index (κ2) is 9.15. The Morgan fingerprint density at radius 2 is 2.03 bits per heavy atom. The highest BCUT2D eigenvalue weighted by molar-refractivity contribution is 7.90. The third-order valence-corrected chi connectivity index (χ3v) is 8.36. The third-order valence-electron chi connectivity index (χ3n) is 5.82. The number of rotatable bonds is 6. The summed E-state index contributed by atoms with van der Waals surface area (Å²) in [5.41, 5.74) is 2.20. The lowest BCUT2D eigenvalue weighted by molar-refractivity contribution is 0.0526. The van der Waals surface area contributed by atoms with Gasteiger partial charge in [-0.1, -0.05) is 30.4 Å². The fourth-order valence-electron chi connectivity index (χ4n) is 4.37. The molecule has 0 fully saturated rings. The van der Waals surface area contributed by atoms with E-state index in [1.807, 2.05) is 6.07 Å². The van der Waals surface area contributed by atoms with Crippen LogP contribution in [0.15, 0.2) is 71.1 Å². The maximum Gasteiger partial charge on any atom is 0.367 e. The number of thiazole rings is 1. The zero-order valence-corrected chi connectivity index (χ0v) is 20.2. The van der Waals surface area contributed by atoms with Crippen molar-refractivity contribution in [1.29, 1.82) is 0 Å². The van der Waals surface area contributed by atoms with Crippen molar-refractivity contribution in [3.8, 4) is 11.3 Å². The molecule has 1 unspecified atom stereocenters. The molecule has 0 spiro atoms. The summed E-state index contributed by atoms with van der Waals surface area (Å²) in [6.45, 7) is 2.00. The van der Waals surface area contributed by atoms with Crippen molar-refractivity contribution in [3.63, 3.8) is 0 Å². The van der Waals surface area contributed by atoms with E-state index in [1.54, 1.807) is 54.9 Å². The van der Waals surface area contributed by atoms with Gasteiger partial charge in [0.05, 0.1) is 22.9 Å². The molecule has 1 aliphatic carbocycles. The maximum absolute atomic E-state index is 14.0. The van der Waals surface area contributed by atoms with Crippen LogP contribution in [0.2, 0.25) is 0 Å². The number of ether oxygens (including phenoxy) is 1. The van der Waals surface area contributed by atoms with Gasteiger partial charge in [-0.3, -0.25) is 0 Å². The van der Waals surface area contributed by atoms with Gasteiger partial charge >= 0.3 is 5.97 Å². The van der Waals surface area contributed by atoms with Gasteiger partial charge in [-0.2, -0.15) is 0 Å². The molecule has 0 saturated heterocycles. The number of aromatic nitrogens is 3. The summed E-state index contributed by atoms with van der Waals surface area (Å²) >= 11 is 1.19. The average molecular weight is 494 g/mol. The largest absolute Gasteiger partial charge is 0.461 e. The topological polar surface area (TPSA) is 91.1 Å². The van der Waals surface area contributed by atoms with Crippen LogP contribution in [0.1, 0.15) is 47.6 Å². The van der Waals surface area contributed by atoms with Crippen LogP contribution in [-0.2, 0) is 14.8 Å². The van der Waals surface area contributed by atoms with Crippen LogP contribution in [0, 0.1) is 0 Å². The Labute approximate surface area is 201 Å². The molecule has 3 aromatic heterocycles. The van der Waals surface area contributed by atoms with E-state index in [2.05, 4.69) is 22.1 Å². The molecule has 0 bridgehead atoms. The van der Waals surface area contributed by atoms with Gasteiger partial charge in [0.15, 0.2) is 5.65 Å². The molecule has 9 heteroatoms. The number of allylic oxidation sites excluding steroid dienone is 2. The molecule has 4 aromatic rings. The fourth-order valence-corrected chi connectivity index (χ4v) is 6.64. The molecular formula is C25H23N3O4S2. The summed E-state index contributed by atoms with van der Waals surface area (Å²) in [7, 11) is -3.95. The first-order chi connectivity index (χ1) is 16.5. The van der Waals surface area contributed by atoms with Crippen molar-refractivity contribution in [3.05, 3.63) is 76.9 Å². The molecular weight excluding hydrogens is 470 g/mol. The van der Waals surface area contributed by atoms with Crippen LogP contribution in [0.5, 0.6) is 0 Å². The van der Waals surface area contributed by atoms with E-state index in [-0.39, 0.29) is 22.4 Å². The van der Waals surface area contributed by atoms with Crippen LogP contribution >= 0.6 is 11.3 Å². The summed E-state index contributed by atoms with van der Waals surface area (Å²) in [5, 5.41) is 2.69.